The van der Waals surface area contributed by atoms with E-state index in [2.05, 4.69) is 26.6 Å². The molecule has 1 amide bonds. The number of carbonyl (C=O) groups is 1. The van der Waals surface area contributed by atoms with Crippen molar-refractivity contribution >= 4 is 34.2 Å². The number of carbonyl (C=O) groups excluding carboxylic acids is 1. The fourth-order valence-corrected chi connectivity index (χ4v) is 2.71. The Kier molecular flexibility index (Phi) is 6.12. The van der Waals surface area contributed by atoms with Gasteiger partial charge in [-0.1, -0.05) is 6.07 Å². The first-order chi connectivity index (χ1) is 8.16. The van der Waals surface area contributed by atoms with E-state index in [1.807, 2.05) is 25.1 Å². The minimum absolute atomic E-state index is 0. The Balaban J connectivity index is 0.00000162. The van der Waals surface area contributed by atoms with E-state index < -0.39 is 0 Å². The van der Waals surface area contributed by atoms with Crippen LogP contribution >= 0.6 is 28.3 Å². The third-order valence-corrected chi connectivity index (χ3v) is 3.70. The molecule has 0 aromatic heterocycles. The number of piperidine rings is 1. The number of nitrogens with one attached hydrogen (secondary N) is 2. The van der Waals surface area contributed by atoms with Crippen molar-refractivity contribution < 1.29 is 4.79 Å². The summed E-state index contributed by atoms with van der Waals surface area (Å²) in [5.74, 6) is 0.0174. The summed E-state index contributed by atoms with van der Waals surface area (Å²) in [4.78, 5) is 12.1. The Bertz CT molecular complexity index is 419. The molecular formula is C13H18BrClN2O. The molecule has 0 radical (unpaired) electrons. The monoisotopic (exact) mass is 332 g/mol. The number of rotatable bonds is 2. The second-order valence-electron chi connectivity index (χ2n) is 4.48. The molecule has 18 heavy (non-hydrogen) atoms. The summed E-state index contributed by atoms with van der Waals surface area (Å²) in [6.07, 6.45) is 2.02. The molecule has 1 saturated heterocycles. The van der Waals surface area contributed by atoms with Crippen molar-refractivity contribution in [1.82, 2.24) is 10.6 Å². The quantitative estimate of drug-likeness (QED) is 0.873. The van der Waals surface area contributed by atoms with E-state index in [4.69, 9.17) is 0 Å². The summed E-state index contributed by atoms with van der Waals surface area (Å²) in [6.45, 7) is 3.99. The van der Waals surface area contributed by atoms with Gasteiger partial charge >= 0.3 is 0 Å². The van der Waals surface area contributed by atoms with E-state index >= 15 is 0 Å². The van der Waals surface area contributed by atoms with Gasteiger partial charge < -0.3 is 10.6 Å². The minimum Gasteiger partial charge on any atom is -0.349 e. The SMILES string of the molecule is Cc1ccc(C(=O)NC2CCNCC2)c(Br)c1.Cl. The maximum atomic E-state index is 12.1. The molecule has 2 N–H and O–H groups in total. The van der Waals surface area contributed by atoms with Gasteiger partial charge in [0.1, 0.15) is 0 Å². The molecule has 1 heterocycles. The zero-order chi connectivity index (χ0) is 12.3. The zero-order valence-corrected chi connectivity index (χ0v) is 12.7. The normalized spacial score (nSPS) is 15.9. The van der Waals surface area contributed by atoms with Crippen LogP contribution in [-0.4, -0.2) is 25.0 Å². The van der Waals surface area contributed by atoms with Crippen LogP contribution < -0.4 is 10.6 Å². The lowest BCUT2D eigenvalue weighted by atomic mass is 10.1. The molecule has 1 aliphatic heterocycles. The first-order valence-electron chi connectivity index (χ1n) is 5.94. The lowest BCUT2D eigenvalue weighted by molar-refractivity contribution is 0.0929. The van der Waals surface area contributed by atoms with Gasteiger partial charge in [-0.05, 0) is 66.5 Å². The molecule has 3 nitrogen and oxygen atoms in total. The molecule has 100 valence electrons. The zero-order valence-electron chi connectivity index (χ0n) is 10.3. The Hall–Kier alpha value is -0.580. The molecule has 5 heteroatoms. The fraction of sp³-hybridized carbons (Fsp3) is 0.462. The summed E-state index contributed by atoms with van der Waals surface area (Å²) in [6, 6.07) is 6.10. The Morgan fingerprint density at radius 1 is 1.39 bits per heavy atom. The highest BCUT2D eigenvalue weighted by molar-refractivity contribution is 9.10. The van der Waals surface area contributed by atoms with Crippen LogP contribution in [0.25, 0.3) is 0 Å². The van der Waals surface area contributed by atoms with Crippen molar-refractivity contribution in [2.24, 2.45) is 0 Å². The van der Waals surface area contributed by atoms with Crippen molar-refractivity contribution in [1.29, 1.82) is 0 Å². The third kappa shape index (κ3) is 3.97. The van der Waals surface area contributed by atoms with Gasteiger partial charge in [0, 0.05) is 10.5 Å². The Morgan fingerprint density at radius 3 is 2.67 bits per heavy atom. The van der Waals surface area contributed by atoms with E-state index in [1.54, 1.807) is 0 Å². The van der Waals surface area contributed by atoms with Crippen molar-refractivity contribution in [2.75, 3.05) is 13.1 Å². The van der Waals surface area contributed by atoms with Crippen molar-refractivity contribution in [3.8, 4) is 0 Å². The number of amides is 1. The molecule has 0 saturated carbocycles. The third-order valence-electron chi connectivity index (χ3n) is 3.04. The highest BCUT2D eigenvalue weighted by atomic mass is 79.9. The van der Waals surface area contributed by atoms with Crippen LogP contribution in [0.2, 0.25) is 0 Å². The number of aryl methyl sites for hydroxylation is 1. The van der Waals surface area contributed by atoms with E-state index in [0.717, 1.165) is 36.0 Å². The topological polar surface area (TPSA) is 41.1 Å². The molecule has 0 aliphatic carbocycles. The molecule has 1 aromatic carbocycles. The van der Waals surface area contributed by atoms with Gasteiger partial charge in [0.15, 0.2) is 0 Å². The summed E-state index contributed by atoms with van der Waals surface area (Å²) in [5, 5.41) is 6.37. The van der Waals surface area contributed by atoms with Crippen LogP contribution in [-0.2, 0) is 0 Å². The second-order valence-corrected chi connectivity index (χ2v) is 5.34. The number of hydrogen-bond donors (Lipinski definition) is 2. The molecule has 1 fully saturated rings. The van der Waals surface area contributed by atoms with Crippen LogP contribution in [0.4, 0.5) is 0 Å². The van der Waals surface area contributed by atoms with Gasteiger partial charge in [0.05, 0.1) is 5.56 Å². The molecule has 1 aromatic rings. The predicted octanol–water partition coefficient (Wildman–Crippen LogP) is 2.66. The standard InChI is InChI=1S/C13H17BrN2O.ClH/c1-9-2-3-11(12(14)8-9)13(17)16-10-4-6-15-7-5-10;/h2-3,8,10,15H,4-7H2,1H3,(H,16,17);1H. The van der Waals surface area contributed by atoms with Crippen LogP contribution in [0, 0.1) is 6.92 Å². The molecule has 0 unspecified atom stereocenters. The van der Waals surface area contributed by atoms with Gasteiger partial charge in [0.2, 0.25) is 0 Å². The van der Waals surface area contributed by atoms with Gasteiger partial charge in [-0.25, -0.2) is 0 Å². The predicted molar refractivity (Wildman–Crippen MR) is 79.5 cm³/mol. The summed E-state index contributed by atoms with van der Waals surface area (Å²) < 4.78 is 0.865. The second kappa shape index (κ2) is 7.12. The smallest absolute Gasteiger partial charge is 0.252 e. The van der Waals surface area contributed by atoms with Crippen LogP contribution in [0.1, 0.15) is 28.8 Å². The largest absolute Gasteiger partial charge is 0.349 e. The Morgan fingerprint density at radius 2 is 2.06 bits per heavy atom. The average Bonchev–Trinajstić information content (AvgIpc) is 2.30. The number of hydrogen-bond acceptors (Lipinski definition) is 2. The average molecular weight is 334 g/mol. The number of halogens is 2. The summed E-state index contributed by atoms with van der Waals surface area (Å²) >= 11 is 3.44. The summed E-state index contributed by atoms with van der Waals surface area (Å²) in [7, 11) is 0. The van der Waals surface area contributed by atoms with E-state index in [9.17, 15) is 4.79 Å². The highest BCUT2D eigenvalue weighted by Gasteiger charge is 2.17. The molecule has 0 bridgehead atoms. The maximum absolute atomic E-state index is 12.1. The van der Waals surface area contributed by atoms with E-state index in [1.165, 1.54) is 0 Å². The van der Waals surface area contributed by atoms with Gasteiger partial charge in [-0.3, -0.25) is 4.79 Å². The first-order valence-corrected chi connectivity index (χ1v) is 6.74. The molecular weight excluding hydrogens is 316 g/mol. The van der Waals surface area contributed by atoms with Gasteiger partial charge in [-0.15, -0.1) is 12.4 Å². The number of benzene rings is 1. The van der Waals surface area contributed by atoms with Crippen LogP contribution in [0.5, 0.6) is 0 Å². The maximum Gasteiger partial charge on any atom is 0.252 e. The van der Waals surface area contributed by atoms with Crippen LogP contribution in [0.3, 0.4) is 0 Å². The Labute approximate surface area is 122 Å². The lowest BCUT2D eigenvalue weighted by Crippen LogP contribution is -2.42. The van der Waals surface area contributed by atoms with Gasteiger partial charge in [0.25, 0.3) is 5.91 Å². The van der Waals surface area contributed by atoms with Crippen molar-refractivity contribution in [2.45, 2.75) is 25.8 Å². The fourth-order valence-electron chi connectivity index (χ4n) is 2.03. The molecule has 0 atom stereocenters. The van der Waals surface area contributed by atoms with E-state index in [-0.39, 0.29) is 18.3 Å². The van der Waals surface area contributed by atoms with Crippen LogP contribution in [0.15, 0.2) is 22.7 Å². The molecule has 1 aliphatic rings. The van der Waals surface area contributed by atoms with Crippen molar-refractivity contribution in [3.63, 3.8) is 0 Å². The molecule has 2 rings (SSSR count). The summed E-state index contributed by atoms with van der Waals surface area (Å²) in [5.41, 5.74) is 1.87. The van der Waals surface area contributed by atoms with Crippen molar-refractivity contribution in [3.05, 3.63) is 33.8 Å². The minimum atomic E-state index is 0. The highest BCUT2D eigenvalue weighted by Crippen LogP contribution is 2.18. The molecule has 0 spiro atoms. The van der Waals surface area contributed by atoms with E-state index in [0.29, 0.717) is 11.6 Å². The lowest BCUT2D eigenvalue weighted by Gasteiger charge is -2.23. The van der Waals surface area contributed by atoms with Gasteiger partial charge in [-0.2, -0.15) is 0 Å². The first kappa shape index (κ1) is 15.5.